The lowest BCUT2D eigenvalue weighted by molar-refractivity contribution is -0.134. The Morgan fingerprint density at radius 1 is 1.09 bits per heavy atom. The Labute approximate surface area is 133 Å². The van der Waals surface area contributed by atoms with E-state index in [4.69, 9.17) is 0 Å². The van der Waals surface area contributed by atoms with Crippen molar-refractivity contribution in [1.82, 2.24) is 10.2 Å². The minimum Gasteiger partial charge on any atom is -0.335 e. The molecule has 3 atom stereocenters. The van der Waals surface area contributed by atoms with Crippen molar-refractivity contribution < 1.29 is 4.79 Å². The summed E-state index contributed by atoms with van der Waals surface area (Å²) < 4.78 is 0. The van der Waals surface area contributed by atoms with E-state index in [0.29, 0.717) is 23.9 Å². The molecule has 1 aromatic carbocycles. The highest BCUT2D eigenvalue weighted by atomic mass is 16.2. The second-order valence-electron chi connectivity index (χ2n) is 7.26. The molecule has 2 heterocycles. The number of nitrogens with zero attached hydrogens (tertiary/aromatic N) is 1. The maximum atomic E-state index is 12.9. The molecule has 2 aliphatic heterocycles. The maximum absolute atomic E-state index is 12.9. The summed E-state index contributed by atoms with van der Waals surface area (Å²) in [6.45, 7) is 2.07. The van der Waals surface area contributed by atoms with Crippen LogP contribution in [-0.2, 0) is 17.6 Å². The molecule has 2 fully saturated rings. The molecule has 3 heteroatoms. The van der Waals surface area contributed by atoms with E-state index in [9.17, 15) is 4.79 Å². The molecule has 2 saturated heterocycles. The molecule has 22 heavy (non-hydrogen) atoms. The first-order chi connectivity index (χ1) is 10.8. The number of aryl methyl sites for hydroxylation is 1. The van der Waals surface area contributed by atoms with Crippen LogP contribution in [0.2, 0.25) is 0 Å². The highest BCUT2D eigenvalue weighted by Gasteiger charge is 2.38. The van der Waals surface area contributed by atoms with Gasteiger partial charge in [0.2, 0.25) is 5.91 Å². The number of nitrogens with one attached hydrogen (secondary N) is 1. The number of rotatable bonds is 2. The summed E-state index contributed by atoms with van der Waals surface area (Å²) in [4.78, 5) is 15.1. The second kappa shape index (κ2) is 6.04. The fourth-order valence-corrected chi connectivity index (χ4v) is 4.69. The van der Waals surface area contributed by atoms with Crippen LogP contribution in [0.25, 0.3) is 0 Å². The zero-order valence-electron chi connectivity index (χ0n) is 13.3. The monoisotopic (exact) mass is 298 g/mol. The van der Waals surface area contributed by atoms with Gasteiger partial charge in [-0.2, -0.15) is 0 Å². The van der Waals surface area contributed by atoms with Crippen LogP contribution in [0.3, 0.4) is 0 Å². The van der Waals surface area contributed by atoms with Crippen LogP contribution < -0.4 is 5.32 Å². The molecule has 4 rings (SSSR count). The molecule has 0 saturated carbocycles. The summed E-state index contributed by atoms with van der Waals surface area (Å²) in [5.41, 5.74) is 2.96. The Balaban J connectivity index is 1.42. The first-order valence-corrected chi connectivity index (χ1v) is 8.90. The number of hydrogen-bond acceptors (Lipinski definition) is 2. The first kappa shape index (κ1) is 14.3. The van der Waals surface area contributed by atoms with Gasteiger partial charge in [-0.1, -0.05) is 24.3 Å². The van der Waals surface area contributed by atoms with Crippen molar-refractivity contribution in [3.05, 3.63) is 35.4 Å². The van der Waals surface area contributed by atoms with E-state index >= 15 is 0 Å². The summed E-state index contributed by atoms with van der Waals surface area (Å²) in [7, 11) is 0. The predicted molar refractivity (Wildman–Crippen MR) is 87.7 cm³/mol. The molecular weight excluding hydrogens is 272 g/mol. The third-order valence-electron chi connectivity index (χ3n) is 5.85. The van der Waals surface area contributed by atoms with Gasteiger partial charge in [0.25, 0.3) is 0 Å². The summed E-state index contributed by atoms with van der Waals surface area (Å²) >= 11 is 0. The zero-order valence-corrected chi connectivity index (χ0v) is 13.3. The van der Waals surface area contributed by atoms with E-state index in [2.05, 4.69) is 34.5 Å². The number of carbonyl (C=O) groups is 1. The van der Waals surface area contributed by atoms with Crippen molar-refractivity contribution >= 4 is 5.91 Å². The Hall–Kier alpha value is -1.35. The van der Waals surface area contributed by atoms with Crippen LogP contribution in [0.5, 0.6) is 0 Å². The van der Waals surface area contributed by atoms with Gasteiger partial charge in [-0.3, -0.25) is 4.79 Å². The van der Waals surface area contributed by atoms with E-state index in [0.717, 1.165) is 38.8 Å². The maximum Gasteiger partial charge on any atom is 0.223 e. The molecule has 0 aromatic heterocycles. The van der Waals surface area contributed by atoms with E-state index in [1.54, 1.807) is 0 Å². The van der Waals surface area contributed by atoms with Gasteiger partial charge in [0.15, 0.2) is 0 Å². The van der Waals surface area contributed by atoms with E-state index in [1.807, 2.05) is 0 Å². The lowest BCUT2D eigenvalue weighted by atomic mass is 9.82. The molecule has 1 amide bonds. The van der Waals surface area contributed by atoms with Crippen LogP contribution in [0.4, 0.5) is 0 Å². The van der Waals surface area contributed by atoms with Gasteiger partial charge in [-0.25, -0.2) is 0 Å². The molecule has 0 spiro atoms. The molecule has 0 radical (unpaired) electrons. The van der Waals surface area contributed by atoms with Crippen LogP contribution in [0.15, 0.2) is 24.3 Å². The highest BCUT2D eigenvalue weighted by Crippen LogP contribution is 2.32. The Bertz CT molecular complexity index is 542. The number of benzene rings is 1. The smallest absolute Gasteiger partial charge is 0.223 e. The molecule has 118 valence electrons. The number of amides is 1. The van der Waals surface area contributed by atoms with Crippen molar-refractivity contribution in [2.45, 2.75) is 57.0 Å². The minimum absolute atomic E-state index is 0.417. The molecule has 3 unspecified atom stereocenters. The predicted octanol–water partition coefficient (Wildman–Crippen LogP) is 2.53. The lowest BCUT2D eigenvalue weighted by Crippen LogP contribution is -2.43. The number of fused-ring (bicyclic) bond motifs is 3. The van der Waals surface area contributed by atoms with Crippen LogP contribution >= 0.6 is 0 Å². The summed E-state index contributed by atoms with van der Waals surface area (Å²) in [5, 5.41) is 3.49. The first-order valence-electron chi connectivity index (χ1n) is 8.90. The Kier molecular flexibility index (Phi) is 3.91. The average Bonchev–Trinajstić information content (AvgIpc) is 2.80. The zero-order chi connectivity index (χ0) is 14.9. The van der Waals surface area contributed by atoms with Crippen molar-refractivity contribution in [2.24, 2.45) is 5.92 Å². The van der Waals surface area contributed by atoms with Gasteiger partial charge in [0.05, 0.1) is 0 Å². The van der Waals surface area contributed by atoms with Gasteiger partial charge in [-0.15, -0.1) is 0 Å². The van der Waals surface area contributed by atoms with Crippen LogP contribution in [-0.4, -0.2) is 36.0 Å². The van der Waals surface area contributed by atoms with Crippen LogP contribution in [0.1, 0.15) is 43.2 Å². The van der Waals surface area contributed by atoms with E-state index in [-0.39, 0.29) is 0 Å². The molecule has 3 aliphatic rings. The number of carbonyl (C=O) groups excluding carboxylic acids is 1. The molecule has 2 bridgehead atoms. The van der Waals surface area contributed by atoms with Gasteiger partial charge in [-0.05, 0) is 62.1 Å². The van der Waals surface area contributed by atoms with E-state index < -0.39 is 0 Å². The van der Waals surface area contributed by atoms with Crippen molar-refractivity contribution in [3.8, 4) is 0 Å². The molecule has 1 aliphatic carbocycles. The quantitative estimate of drug-likeness (QED) is 0.910. The van der Waals surface area contributed by atoms with E-state index in [1.165, 1.54) is 30.4 Å². The topological polar surface area (TPSA) is 32.3 Å². The summed E-state index contributed by atoms with van der Waals surface area (Å²) in [5.74, 6) is 0.957. The minimum atomic E-state index is 0.417. The molecular formula is C19H26N2O. The SMILES string of the molecule is O=C(CC1CCc2ccccc2C1)N1C2CCNCC1CC2. The fraction of sp³-hybridized carbons (Fsp3) is 0.632. The van der Waals surface area contributed by atoms with Gasteiger partial charge < -0.3 is 10.2 Å². The van der Waals surface area contributed by atoms with Gasteiger partial charge >= 0.3 is 0 Å². The lowest BCUT2D eigenvalue weighted by Gasteiger charge is -2.31. The van der Waals surface area contributed by atoms with Crippen molar-refractivity contribution in [3.63, 3.8) is 0 Å². The van der Waals surface area contributed by atoms with Crippen LogP contribution in [0, 0.1) is 5.92 Å². The number of hydrogen-bond donors (Lipinski definition) is 1. The molecule has 1 N–H and O–H groups in total. The third kappa shape index (κ3) is 2.67. The van der Waals surface area contributed by atoms with Gasteiger partial charge in [0.1, 0.15) is 0 Å². The Morgan fingerprint density at radius 2 is 1.91 bits per heavy atom. The van der Waals surface area contributed by atoms with Crippen molar-refractivity contribution in [1.29, 1.82) is 0 Å². The normalized spacial score (nSPS) is 30.7. The van der Waals surface area contributed by atoms with Crippen molar-refractivity contribution in [2.75, 3.05) is 13.1 Å². The third-order valence-corrected chi connectivity index (χ3v) is 5.85. The molecule has 3 nitrogen and oxygen atoms in total. The largest absolute Gasteiger partial charge is 0.335 e. The Morgan fingerprint density at radius 3 is 2.82 bits per heavy atom. The highest BCUT2D eigenvalue weighted by molar-refractivity contribution is 5.77. The fourth-order valence-electron chi connectivity index (χ4n) is 4.69. The van der Waals surface area contributed by atoms with Gasteiger partial charge in [0, 0.05) is 25.0 Å². The standard InChI is InChI=1S/C19H26N2O/c22-19(21-17-7-8-18(21)13-20-10-9-17)12-14-5-6-15-3-1-2-4-16(15)11-14/h1-4,14,17-18,20H,5-13H2. The average molecular weight is 298 g/mol. The molecule has 1 aromatic rings. The second-order valence-corrected chi connectivity index (χ2v) is 7.26. The summed E-state index contributed by atoms with van der Waals surface area (Å²) in [6.07, 6.45) is 7.69. The summed E-state index contributed by atoms with van der Waals surface area (Å²) in [6, 6.07) is 9.70.